The van der Waals surface area contributed by atoms with E-state index in [9.17, 15) is 4.79 Å². The van der Waals surface area contributed by atoms with Crippen LogP contribution in [0.3, 0.4) is 0 Å². The Labute approximate surface area is 156 Å². The van der Waals surface area contributed by atoms with Crippen LogP contribution in [0.4, 0.5) is 0 Å². The SMILES string of the molecule is CCCCN1CCCCC1CNC(=O)CSCc1ccc(C#N)cc1. The summed E-state index contributed by atoms with van der Waals surface area (Å²) in [5, 5.41) is 11.9. The van der Waals surface area contributed by atoms with Gasteiger partial charge in [-0.3, -0.25) is 9.69 Å². The molecule has 2 rings (SSSR count). The molecule has 4 nitrogen and oxygen atoms in total. The van der Waals surface area contributed by atoms with Gasteiger partial charge in [-0.25, -0.2) is 0 Å². The molecule has 1 aromatic carbocycles. The van der Waals surface area contributed by atoms with E-state index in [-0.39, 0.29) is 5.91 Å². The van der Waals surface area contributed by atoms with Crippen molar-refractivity contribution in [3.05, 3.63) is 35.4 Å². The van der Waals surface area contributed by atoms with Crippen LogP contribution >= 0.6 is 11.8 Å². The van der Waals surface area contributed by atoms with Crippen LogP contribution in [-0.4, -0.2) is 42.2 Å². The zero-order chi connectivity index (χ0) is 17.9. The zero-order valence-electron chi connectivity index (χ0n) is 15.2. The molecular formula is C20H29N3OS. The van der Waals surface area contributed by atoms with Crippen LogP contribution in [0.1, 0.15) is 50.2 Å². The van der Waals surface area contributed by atoms with Crippen LogP contribution in [0.25, 0.3) is 0 Å². The van der Waals surface area contributed by atoms with Crippen LogP contribution in [0, 0.1) is 11.3 Å². The number of nitriles is 1. The van der Waals surface area contributed by atoms with Crippen molar-refractivity contribution in [1.82, 2.24) is 10.2 Å². The summed E-state index contributed by atoms with van der Waals surface area (Å²) in [7, 11) is 0. The summed E-state index contributed by atoms with van der Waals surface area (Å²) in [4.78, 5) is 14.7. The van der Waals surface area contributed by atoms with E-state index in [1.54, 1.807) is 11.8 Å². The molecule has 1 amide bonds. The molecule has 25 heavy (non-hydrogen) atoms. The Hall–Kier alpha value is -1.51. The Morgan fingerprint density at radius 2 is 2.16 bits per heavy atom. The van der Waals surface area contributed by atoms with Crippen molar-refractivity contribution < 1.29 is 4.79 Å². The molecule has 1 unspecified atom stereocenters. The van der Waals surface area contributed by atoms with Crippen LogP contribution in [0.2, 0.25) is 0 Å². The van der Waals surface area contributed by atoms with Gasteiger partial charge in [-0.2, -0.15) is 5.26 Å². The molecule has 1 N–H and O–H groups in total. The number of nitrogens with zero attached hydrogens (tertiary/aromatic N) is 2. The topological polar surface area (TPSA) is 56.1 Å². The van der Waals surface area contributed by atoms with Gasteiger partial charge in [0.05, 0.1) is 17.4 Å². The average molecular weight is 360 g/mol. The molecular weight excluding hydrogens is 330 g/mol. The summed E-state index contributed by atoms with van der Waals surface area (Å²) >= 11 is 1.62. The molecule has 1 saturated heterocycles. The van der Waals surface area contributed by atoms with Gasteiger partial charge >= 0.3 is 0 Å². The molecule has 0 aliphatic carbocycles. The first-order chi connectivity index (χ1) is 12.2. The van der Waals surface area contributed by atoms with Crippen molar-refractivity contribution in [1.29, 1.82) is 5.26 Å². The number of amides is 1. The maximum atomic E-state index is 12.1. The summed E-state index contributed by atoms with van der Waals surface area (Å²) in [6.45, 7) is 5.34. The normalized spacial score (nSPS) is 17.8. The van der Waals surface area contributed by atoms with Crippen molar-refractivity contribution in [2.75, 3.05) is 25.4 Å². The van der Waals surface area contributed by atoms with Crippen molar-refractivity contribution in [2.24, 2.45) is 0 Å². The number of piperidine rings is 1. The number of likely N-dealkylation sites (tertiary alicyclic amines) is 1. The van der Waals surface area contributed by atoms with Crippen LogP contribution in [0.15, 0.2) is 24.3 Å². The minimum Gasteiger partial charge on any atom is -0.354 e. The van der Waals surface area contributed by atoms with E-state index >= 15 is 0 Å². The fourth-order valence-electron chi connectivity index (χ4n) is 3.17. The number of nitrogens with one attached hydrogen (secondary N) is 1. The molecule has 0 spiro atoms. The van der Waals surface area contributed by atoms with E-state index in [2.05, 4.69) is 23.2 Å². The molecule has 1 aliphatic rings. The third kappa shape index (κ3) is 7.09. The highest BCUT2D eigenvalue weighted by atomic mass is 32.2. The molecule has 0 aromatic heterocycles. The number of unbranched alkanes of at least 4 members (excludes halogenated alkanes) is 1. The zero-order valence-corrected chi connectivity index (χ0v) is 16.0. The molecule has 136 valence electrons. The fraction of sp³-hybridized carbons (Fsp3) is 0.600. The Bertz CT molecular complexity index is 567. The molecule has 0 saturated carbocycles. The van der Waals surface area contributed by atoms with Gasteiger partial charge in [-0.15, -0.1) is 11.8 Å². The van der Waals surface area contributed by atoms with Gasteiger partial charge in [-0.05, 0) is 50.0 Å². The van der Waals surface area contributed by atoms with E-state index in [0.717, 1.165) is 24.4 Å². The minimum absolute atomic E-state index is 0.125. The van der Waals surface area contributed by atoms with Gasteiger partial charge in [-0.1, -0.05) is 31.9 Å². The molecule has 0 bridgehead atoms. The van der Waals surface area contributed by atoms with Crippen molar-refractivity contribution in [3.8, 4) is 6.07 Å². The second-order valence-corrected chi connectivity index (χ2v) is 7.63. The highest BCUT2D eigenvalue weighted by Crippen LogP contribution is 2.17. The molecule has 0 radical (unpaired) electrons. The largest absolute Gasteiger partial charge is 0.354 e. The Balaban J connectivity index is 1.66. The van der Waals surface area contributed by atoms with Crippen LogP contribution in [0.5, 0.6) is 0 Å². The Kier molecular flexibility index (Phi) is 8.85. The highest BCUT2D eigenvalue weighted by molar-refractivity contribution is 7.99. The summed E-state index contributed by atoms with van der Waals surface area (Å²) in [5.74, 6) is 1.41. The fourth-order valence-corrected chi connectivity index (χ4v) is 3.98. The van der Waals surface area contributed by atoms with Crippen molar-refractivity contribution in [2.45, 2.75) is 50.8 Å². The van der Waals surface area contributed by atoms with E-state index < -0.39 is 0 Å². The number of carbonyl (C=O) groups excluding carboxylic acids is 1. The van der Waals surface area contributed by atoms with E-state index in [0.29, 0.717) is 17.4 Å². The quantitative estimate of drug-likeness (QED) is 0.732. The van der Waals surface area contributed by atoms with Crippen molar-refractivity contribution in [3.63, 3.8) is 0 Å². The standard InChI is InChI=1S/C20H29N3OS/c1-2-3-11-23-12-5-4-6-19(23)14-22-20(24)16-25-15-18-9-7-17(13-21)8-10-18/h7-10,19H,2-6,11-12,14-16H2,1H3,(H,22,24). The first-order valence-electron chi connectivity index (χ1n) is 9.30. The Morgan fingerprint density at radius 3 is 2.88 bits per heavy atom. The summed E-state index contributed by atoms with van der Waals surface area (Å²) in [6, 6.07) is 10.2. The molecule has 1 fully saturated rings. The van der Waals surface area contributed by atoms with Gasteiger partial charge in [0.25, 0.3) is 0 Å². The molecule has 1 aliphatic heterocycles. The lowest BCUT2D eigenvalue weighted by atomic mass is 10.0. The third-order valence-electron chi connectivity index (χ3n) is 4.67. The first kappa shape index (κ1) is 19.8. The average Bonchev–Trinajstić information content (AvgIpc) is 2.66. The molecule has 1 atom stereocenters. The second kappa shape index (κ2) is 11.2. The summed E-state index contributed by atoms with van der Waals surface area (Å²) in [5.41, 5.74) is 1.82. The maximum absolute atomic E-state index is 12.1. The monoisotopic (exact) mass is 359 g/mol. The molecule has 1 heterocycles. The predicted octanol–water partition coefficient (Wildman–Crippen LogP) is 3.56. The lowest BCUT2D eigenvalue weighted by Crippen LogP contribution is -2.47. The number of carbonyl (C=O) groups is 1. The number of hydrogen-bond acceptors (Lipinski definition) is 4. The number of rotatable bonds is 9. The highest BCUT2D eigenvalue weighted by Gasteiger charge is 2.22. The van der Waals surface area contributed by atoms with Crippen molar-refractivity contribution >= 4 is 17.7 Å². The minimum atomic E-state index is 0.125. The van der Waals surface area contributed by atoms with Crippen LogP contribution in [-0.2, 0) is 10.5 Å². The number of thioether (sulfide) groups is 1. The van der Waals surface area contributed by atoms with Gasteiger partial charge in [0.15, 0.2) is 0 Å². The summed E-state index contributed by atoms with van der Waals surface area (Å²) < 4.78 is 0. The molecule has 1 aromatic rings. The lowest BCUT2D eigenvalue weighted by molar-refractivity contribution is -0.118. The summed E-state index contributed by atoms with van der Waals surface area (Å²) in [6.07, 6.45) is 6.22. The first-order valence-corrected chi connectivity index (χ1v) is 10.5. The maximum Gasteiger partial charge on any atom is 0.230 e. The second-order valence-electron chi connectivity index (χ2n) is 6.64. The predicted molar refractivity (Wildman–Crippen MR) is 104 cm³/mol. The van der Waals surface area contributed by atoms with E-state index in [1.807, 2.05) is 24.3 Å². The Morgan fingerprint density at radius 1 is 1.36 bits per heavy atom. The number of hydrogen-bond donors (Lipinski definition) is 1. The van der Waals surface area contributed by atoms with E-state index in [4.69, 9.17) is 5.26 Å². The third-order valence-corrected chi connectivity index (χ3v) is 5.67. The lowest BCUT2D eigenvalue weighted by Gasteiger charge is -2.35. The van der Waals surface area contributed by atoms with Crippen LogP contribution < -0.4 is 5.32 Å². The van der Waals surface area contributed by atoms with Gasteiger partial charge in [0, 0.05) is 18.3 Å². The number of benzene rings is 1. The van der Waals surface area contributed by atoms with Gasteiger partial charge in [0.1, 0.15) is 0 Å². The van der Waals surface area contributed by atoms with Gasteiger partial charge in [0.2, 0.25) is 5.91 Å². The molecule has 5 heteroatoms. The van der Waals surface area contributed by atoms with Gasteiger partial charge < -0.3 is 5.32 Å². The smallest absolute Gasteiger partial charge is 0.230 e. The van der Waals surface area contributed by atoms with E-state index in [1.165, 1.54) is 38.6 Å².